The Labute approximate surface area is 394 Å². The number of hydrogen-bond acceptors (Lipinski definition) is 12. The maximum atomic E-state index is 14.5. The third kappa shape index (κ3) is 10.9. The van der Waals surface area contributed by atoms with E-state index < -0.39 is 40.8 Å². The SMILES string of the molecule is CCn1c(-c2cccnc2[C@H](C)OC)c2c3cc(ccc31)-c1cnc(o1)C[C@H](NC(=O)[C@@H](COC1CN(C(=O)C#CC(C)(C)N(C)C)C1)C(C)C)C(=O)N1CCC[C@H](N1)C(=O)OCC(C)(C)C2. The monoisotopic (exact) mass is 921 g/mol. The molecule has 3 aromatic heterocycles. The molecule has 0 radical (unpaired) electrons. The van der Waals surface area contributed by atoms with Gasteiger partial charge in [0.15, 0.2) is 11.7 Å². The highest BCUT2D eigenvalue weighted by atomic mass is 16.5. The normalized spacial score (nSPS) is 20.2. The van der Waals surface area contributed by atoms with Crippen molar-refractivity contribution in [3.63, 3.8) is 0 Å². The number of methoxy groups -OCH3 is 1. The fraction of sp³-hybridized carbons (Fsp3) is 0.569. The number of aryl methyl sites for hydroxylation is 1. The molecule has 2 saturated heterocycles. The van der Waals surface area contributed by atoms with Gasteiger partial charge in [-0.2, -0.15) is 0 Å². The number of nitrogens with zero attached hydrogens (tertiary/aromatic N) is 6. The van der Waals surface area contributed by atoms with Crippen molar-refractivity contribution >= 4 is 34.6 Å². The molecule has 6 heterocycles. The van der Waals surface area contributed by atoms with Gasteiger partial charge in [0.1, 0.15) is 12.1 Å². The minimum absolute atomic E-state index is 0.0472. The molecule has 4 aromatic rings. The number of hydrogen-bond donors (Lipinski definition) is 2. The van der Waals surface area contributed by atoms with E-state index in [1.54, 1.807) is 24.4 Å². The van der Waals surface area contributed by atoms with E-state index in [2.05, 4.69) is 71.1 Å². The fourth-order valence-electron chi connectivity index (χ4n) is 8.75. The Morgan fingerprint density at radius 2 is 1.88 bits per heavy atom. The maximum Gasteiger partial charge on any atom is 0.324 e. The smallest absolute Gasteiger partial charge is 0.324 e. The van der Waals surface area contributed by atoms with Gasteiger partial charge in [0.25, 0.3) is 11.8 Å². The van der Waals surface area contributed by atoms with Crippen LogP contribution in [-0.4, -0.2) is 131 Å². The van der Waals surface area contributed by atoms with Crippen LogP contribution in [0.5, 0.6) is 0 Å². The minimum Gasteiger partial charge on any atom is -0.464 e. The number of carbonyl (C=O) groups excluding carboxylic acids is 4. The molecule has 360 valence electrons. The number of esters is 1. The highest BCUT2D eigenvalue weighted by molar-refractivity contribution is 5.95. The maximum absolute atomic E-state index is 14.5. The first-order chi connectivity index (χ1) is 31.8. The number of aromatic nitrogens is 3. The number of cyclic esters (lactones) is 1. The minimum atomic E-state index is -1.10. The van der Waals surface area contributed by atoms with E-state index in [1.807, 2.05) is 65.7 Å². The van der Waals surface area contributed by atoms with Gasteiger partial charge in [0.2, 0.25) is 5.91 Å². The molecule has 2 fully saturated rings. The van der Waals surface area contributed by atoms with Crippen LogP contribution in [0.2, 0.25) is 0 Å². The van der Waals surface area contributed by atoms with Crippen LogP contribution in [0.3, 0.4) is 0 Å². The van der Waals surface area contributed by atoms with Gasteiger partial charge in [-0.05, 0) is 109 Å². The second kappa shape index (κ2) is 20.3. The first kappa shape index (κ1) is 49.3. The zero-order valence-electron chi connectivity index (χ0n) is 41.0. The van der Waals surface area contributed by atoms with Gasteiger partial charge in [-0.25, -0.2) is 10.4 Å². The predicted molar refractivity (Wildman–Crippen MR) is 254 cm³/mol. The molecule has 1 aromatic carbocycles. The molecular weight excluding hydrogens is 853 g/mol. The van der Waals surface area contributed by atoms with Gasteiger partial charge in [0, 0.05) is 66.9 Å². The highest BCUT2D eigenvalue weighted by Crippen LogP contribution is 2.42. The first-order valence-corrected chi connectivity index (χ1v) is 23.5. The summed E-state index contributed by atoms with van der Waals surface area (Å²) in [6, 6.07) is 8.36. The Kier molecular flexibility index (Phi) is 15.0. The summed E-state index contributed by atoms with van der Waals surface area (Å²) in [5, 5.41) is 5.44. The van der Waals surface area contributed by atoms with E-state index >= 15 is 0 Å². The van der Waals surface area contributed by atoms with Gasteiger partial charge in [0.05, 0.1) is 60.9 Å². The third-order valence-electron chi connectivity index (χ3n) is 13.5. The summed E-state index contributed by atoms with van der Waals surface area (Å²) >= 11 is 0. The summed E-state index contributed by atoms with van der Waals surface area (Å²) in [5.74, 6) is 4.29. The van der Waals surface area contributed by atoms with E-state index in [-0.39, 0.29) is 55.5 Å². The van der Waals surface area contributed by atoms with Gasteiger partial charge in [-0.1, -0.05) is 33.6 Å². The number of ether oxygens (including phenoxy) is 3. The van der Waals surface area contributed by atoms with Crippen LogP contribution in [0.25, 0.3) is 33.5 Å². The Morgan fingerprint density at radius 1 is 1.12 bits per heavy atom. The lowest BCUT2D eigenvalue weighted by atomic mass is 9.84. The lowest BCUT2D eigenvalue weighted by Gasteiger charge is -2.38. The largest absolute Gasteiger partial charge is 0.464 e. The second-order valence-corrected chi connectivity index (χ2v) is 20.0. The summed E-state index contributed by atoms with van der Waals surface area (Å²) in [6.07, 6.45) is 4.46. The fourth-order valence-corrected chi connectivity index (χ4v) is 8.75. The van der Waals surface area contributed by atoms with Gasteiger partial charge in [-0.3, -0.25) is 34.1 Å². The summed E-state index contributed by atoms with van der Waals surface area (Å²) in [7, 11) is 5.51. The number of rotatable bonds is 11. The summed E-state index contributed by atoms with van der Waals surface area (Å²) in [6.45, 7) is 18.0. The number of nitrogens with one attached hydrogen (secondary N) is 2. The predicted octanol–water partition coefficient (Wildman–Crippen LogP) is 5.58. The van der Waals surface area contributed by atoms with E-state index in [0.29, 0.717) is 51.2 Å². The zero-order chi connectivity index (χ0) is 48.4. The number of hydrazine groups is 1. The Balaban J connectivity index is 1.18. The second-order valence-electron chi connectivity index (χ2n) is 20.0. The molecule has 0 aliphatic carbocycles. The molecule has 16 heteroatoms. The van der Waals surface area contributed by atoms with E-state index in [1.165, 1.54) is 5.01 Å². The van der Waals surface area contributed by atoms with Crippen LogP contribution in [0.1, 0.15) is 91.5 Å². The highest BCUT2D eigenvalue weighted by Gasteiger charge is 2.38. The number of pyridine rings is 1. The van der Waals surface area contributed by atoms with E-state index in [0.717, 1.165) is 39.0 Å². The van der Waals surface area contributed by atoms with Crippen molar-refractivity contribution in [3.05, 3.63) is 59.9 Å². The van der Waals surface area contributed by atoms with Gasteiger partial charge < -0.3 is 33.4 Å². The van der Waals surface area contributed by atoms with Crippen LogP contribution in [-0.2, 0) is 52.8 Å². The summed E-state index contributed by atoms with van der Waals surface area (Å²) in [4.78, 5) is 68.4. The molecule has 3 aliphatic heterocycles. The van der Waals surface area contributed by atoms with Crippen molar-refractivity contribution in [1.82, 2.24) is 40.1 Å². The first-order valence-electron chi connectivity index (χ1n) is 23.5. The van der Waals surface area contributed by atoms with E-state index in [9.17, 15) is 19.2 Å². The number of oxazole rings is 1. The van der Waals surface area contributed by atoms with E-state index in [4.69, 9.17) is 23.6 Å². The summed E-state index contributed by atoms with van der Waals surface area (Å²) < 4.78 is 26.8. The Hall–Kier alpha value is -5.60. The van der Waals surface area contributed by atoms with Crippen LogP contribution in [0.4, 0.5) is 0 Å². The van der Waals surface area contributed by atoms with Crippen molar-refractivity contribution < 1.29 is 37.8 Å². The van der Waals surface area contributed by atoms with Crippen molar-refractivity contribution in [2.45, 2.75) is 117 Å². The number of likely N-dealkylation sites (tertiary alicyclic amines) is 1. The van der Waals surface area contributed by atoms with Crippen LogP contribution >= 0.6 is 0 Å². The molecule has 0 saturated carbocycles. The Bertz CT molecular complexity index is 2520. The number of amides is 3. The molecule has 0 unspecified atom stereocenters. The van der Waals surface area contributed by atoms with Crippen molar-refractivity contribution in [1.29, 1.82) is 0 Å². The lowest BCUT2D eigenvalue weighted by molar-refractivity contribution is -0.155. The number of carbonyl (C=O) groups is 4. The van der Waals surface area contributed by atoms with Crippen LogP contribution in [0, 0.1) is 29.1 Å². The van der Waals surface area contributed by atoms with Crippen LogP contribution < -0.4 is 10.7 Å². The van der Waals surface area contributed by atoms with Gasteiger partial charge in [-0.15, -0.1) is 0 Å². The molecule has 67 heavy (non-hydrogen) atoms. The number of benzene rings is 1. The van der Waals surface area contributed by atoms with Crippen LogP contribution in [0.15, 0.2) is 47.1 Å². The lowest BCUT2D eigenvalue weighted by Crippen LogP contribution is -2.61. The average molecular weight is 921 g/mol. The molecule has 3 aliphatic rings. The van der Waals surface area contributed by atoms with Crippen molar-refractivity contribution in [2.24, 2.45) is 17.3 Å². The number of fused-ring (bicyclic) bond motifs is 6. The van der Waals surface area contributed by atoms with Gasteiger partial charge >= 0.3 is 5.97 Å². The van der Waals surface area contributed by atoms with Crippen molar-refractivity contribution in [3.8, 4) is 34.4 Å². The Morgan fingerprint density at radius 3 is 2.58 bits per heavy atom. The average Bonchev–Trinajstić information content (AvgIpc) is 3.88. The topological polar surface area (TPSA) is 174 Å². The molecule has 7 rings (SSSR count). The third-order valence-corrected chi connectivity index (χ3v) is 13.5. The molecule has 4 atom stereocenters. The molecule has 6 bridgehead atoms. The molecule has 0 spiro atoms. The molecule has 3 amide bonds. The summed E-state index contributed by atoms with van der Waals surface area (Å²) in [5.41, 5.74) is 7.87. The van der Waals surface area contributed by atoms with Crippen molar-refractivity contribution in [2.75, 3.05) is 54.1 Å². The quantitative estimate of drug-likeness (QED) is 0.142. The molecule has 16 nitrogen and oxygen atoms in total. The standard InChI is InChI=1S/C51H68N8O8/c1-12-58-41-18-17-33-23-36(41)37(46(58)35-15-13-21-52-45(35)32(4)64-11)25-50(5,6)30-66-49(63)39-16-14-22-59(55-39)48(62)40(24-43-53-26-42(33)67-43)54-47(61)38(31(2)3)29-65-34-27-57(28-34)44(60)19-20-51(7,8)56(9)10/h13,15,17-18,21,23,26,31-32,34,38-40,55H,12,14,16,22,24-25,27-30H2,1-11H3,(H,54,61)/t32-,38-,39-,40-/m0/s1. The molecular formula is C51H68N8O8. The zero-order valence-corrected chi connectivity index (χ0v) is 41.0. The molecule has 2 N–H and O–H groups in total.